The summed E-state index contributed by atoms with van der Waals surface area (Å²) in [7, 11) is -3.88. The summed E-state index contributed by atoms with van der Waals surface area (Å²) < 4.78 is 24.5. The van der Waals surface area contributed by atoms with E-state index in [1.165, 1.54) is 16.8 Å². The highest BCUT2D eigenvalue weighted by molar-refractivity contribution is 8.13. The molecule has 0 aliphatic carbocycles. The van der Waals surface area contributed by atoms with Crippen molar-refractivity contribution in [2.75, 3.05) is 5.75 Å². The van der Waals surface area contributed by atoms with Crippen molar-refractivity contribution in [3.8, 4) is 0 Å². The lowest BCUT2D eigenvalue weighted by atomic mass is 10.2. The number of aromatic nitrogens is 3. The van der Waals surface area contributed by atoms with E-state index in [4.69, 9.17) is 39.4 Å². The number of hydrogen-bond acceptors (Lipinski definition) is 12. The molecule has 3 aromatic heterocycles. The Labute approximate surface area is 317 Å². The van der Waals surface area contributed by atoms with Gasteiger partial charge in [0.15, 0.2) is 5.17 Å². The van der Waals surface area contributed by atoms with E-state index in [0.29, 0.717) is 52.5 Å². The van der Waals surface area contributed by atoms with Gasteiger partial charge in [-0.05, 0) is 0 Å². The van der Waals surface area contributed by atoms with Gasteiger partial charge in [-0.3, -0.25) is 5.41 Å². The maximum Gasteiger partial charge on any atom is 0.318 e. The molecule has 0 amide bonds. The molecular formula is C29H50ClN9O2S7. The first-order chi connectivity index (χ1) is 22.2. The van der Waals surface area contributed by atoms with Gasteiger partial charge >= 0.3 is 10.2 Å². The second-order valence-electron chi connectivity index (χ2n) is 11.2. The fourth-order valence-electron chi connectivity index (χ4n) is 2.67. The van der Waals surface area contributed by atoms with Crippen molar-refractivity contribution in [1.29, 1.82) is 5.41 Å². The number of amidine groups is 2. The molecule has 0 aliphatic rings. The van der Waals surface area contributed by atoms with Crippen LogP contribution in [-0.2, 0) is 27.6 Å². The quantitative estimate of drug-likeness (QED) is 0.0369. The van der Waals surface area contributed by atoms with Crippen LogP contribution in [0.3, 0.4) is 0 Å². The molecule has 0 atom stereocenters. The van der Waals surface area contributed by atoms with Crippen LogP contribution < -0.4 is 22.3 Å². The van der Waals surface area contributed by atoms with Crippen LogP contribution >= 0.6 is 81.4 Å². The van der Waals surface area contributed by atoms with Gasteiger partial charge in [-0.25, -0.2) is 20.1 Å². The maximum absolute atomic E-state index is 10.7. The molecule has 3 rings (SSSR count). The maximum atomic E-state index is 10.7. The Morgan fingerprint density at radius 2 is 1.25 bits per heavy atom. The fraction of sp³-hybridized carbons (Fsp3) is 0.586. The molecule has 0 radical (unpaired) electrons. The first kappa shape index (κ1) is 46.6. The normalized spacial score (nSPS) is 11.5. The van der Waals surface area contributed by atoms with Gasteiger partial charge in [0.1, 0.15) is 5.84 Å². The predicted molar refractivity (Wildman–Crippen MR) is 219 cm³/mol. The number of thiocarbonyl (C=S) groups is 1. The molecule has 48 heavy (non-hydrogen) atoms. The number of nitrogens with two attached hydrogens (primary N) is 4. The van der Waals surface area contributed by atoms with Crippen molar-refractivity contribution in [2.24, 2.45) is 32.7 Å². The smallest absolute Gasteiger partial charge is 0.318 e. The summed E-state index contributed by atoms with van der Waals surface area (Å²) >= 11 is 18.2. The molecule has 0 aromatic carbocycles. The minimum Gasteiger partial charge on any atom is -0.393 e. The molecule has 3 aromatic rings. The zero-order valence-electron chi connectivity index (χ0n) is 28.7. The molecule has 19 heteroatoms. The summed E-state index contributed by atoms with van der Waals surface area (Å²) in [6, 6.07) is 0. The second-order valence-corrected chi connectivity index (χ2v) is 18.0. The number of thiazole rings is 3. The highest BCUT2D eigenvalue weighted by Crippen LogP contribution is 2.23. The summed E-state index contributed by atoms with van der Waals surface area (Å²) in [5.74, 6) is 4.56. The number of thioether (sulfide) groups is 2. The Morgan fingerprint density at radius 1 is 0.854 bits per heavy atom. The summed E-state index contributed by atoms with van der Waals surface area (Å²) in [6.07, 6.45) is 0.391. The second kappa shape index (κ2) is 24.7. The van der Waals surface area contributed by atoms with Crippen LogP contribution in [0.25, 0.3) is 0 Å². The van der Waals surface area contributed by atoms with Gasteiger partial charge in [0.25, 0.3) is 0 Å². The van der Waals surface area contributed by atoms with E-state index in [0.717, 1.165) is 32.8 Å². The van der Waals surface area contributed by atoms with Crippen molar-refractivity contribution in [2.45, 2.75) is 97.0 Å². The van der Waals surface area contributed by atoms with Crippen LogP contribution in [0.15, 0.2) is 20.5 Å². The van der Waals surface area contributed by atoms with Gasteiger partial charge in [0.05, 0.1) is 43.0 Å². The van der Waals surface area contributed by atoms with E-state index >= 15 is 0 Å². The predicted octanol–water partition coefficient (Wildman–Crippen LogP) is 7.78. The number of alkyl halides is 1. The SMILES string of the molecule is CC(C)C(N)=S.CC(C)c1nc(CCl)cs1.CC(C)c1nc(CSC(=N)N)cs1.CC(C)c1nc(CSCCC(N)=NS(N)(=O)=O)cs1. The van der Waals surface area contributed by atoms with Crippen LogP contribution in [0.5, 0.6) is 0 Å². The zero-order valence-corrected chi connectivity index (χ0v) is 35.2. The van der Waals surface area contributed by atoms with Gasteiger partial charge in [0, 0.05) is 63.5 Å². The fourth-order valence-corrected chi connectivity index (χ4v) is 7.34. The van der Waals surface area contributed by atoms with E-state index in [2.05, 4.69) is 73.1 Å². The van der Waals surface area contributed by atoms with Crippen molar-refractivity contribution < 1.29 is 8.42 Å². The molecule has 0 unspecified atom stereocenters. The number of rotatable bonds is 13. The Balaban J connectivity index is 0.000000662. The van der Waals surface area contributed by atoms with Crippen molar-refractivity contribution >= 4 is 108 Å². The third-order valence-electron chi connectivity index (χ3n) is 5.27. The highest BCUT2D eigenvalue weighted by atomic mass is 35.5. The van der Waals surface area contributed by atoms with E-state index in [-0.39, 0.29) is 11.0 Å². The molecule has 0 saturated heterocycles. The van der Waals surface area contributed by atoms with Gasteiger partial charge in [-0.15, -0.1) is 50.0 Å². The number of nitrogens with zero attached hydrogens (tertiary/aromatic N) is 4. The van der Waals surface area contributed by atoms with Gasteiger partial charge in [0.2, 0.25) is 0 Å². The Hall–Kier alpha value is -1.38. The van der Waals surface area contributed by atoms with E-state index in [1.54, 1.807) is 45.8 Å². The van der Waals surface area contributed by atoms with E-state index in [1.807, 2.05) is 30.0 Å². The molecule has 0 bridgehead atoms. The summed E-state index contributed by atoms with van der Waals surface area (Å²) in [5.41, 5.74) is 18.9. The molecule has 3 heterocycles. The highest BCUT2D eigenvalue weighted by Gasteiger charge is 2.08. The average molecular weight is 817 g/mol. The van der Waals surface area contributed by atoms with Crippen molar-refractivity contribution in [1.82, 2.24) is 15.0 Å². The summed E-state index contributed by atoms with van der Waals surface area (Å²) in [4.78, 5) is 13.8. The molecule has 9 N–H and O–H groups in total. The molecule has 0 saturated carbocycles. The van der Waals surface area contributed by atoms with Crippen LogP contribution in [0, 0.1) is 11.3 Å². The third kappa shape index (κ3) is 23.1. The largest absolute Gasteiger partial charge is 0.393 e. The lowest BCUT2D eigenvalue weighted by molar-refractivity contribution is 0.599. The topological polar surface area (TPSA) is 213 Å². The Kier molecular flexibility index (Phi) is 24.0. The Morgan fingerprint density at radius 3 is 1.56 bits per heavy atom. The molecule has 11 nitrogen and oxygen atoms in total. The number of halogens is 1. The first-order valence-corrected chi connectivity index (χ1v) is 22.1. The minimum absolute atomic E-state index is 0.0381. The van der Waals surface area contributed by atoms with Crippen molar-refractivity contribution in [3.63, 3.8) is 0 Å². The van der Waals surface area contributed by atoms with Gasteiger partial charge in [-0.2, -0.15) is 20.2 Å². The number of nitrogens with one attached hydrogen (secondary N) is 1. The molecule has 272 valence electrons. The van der Waals surface area contributed by atoms with Gasteiger partial charge in [-0.1, -0.05) is 79.4 Å². The Bertz CT molecular complexity index is 1500. The molecule has 0 spiro atoms. The van der Waals surface area contributed by atoms with E-state index in [9.17, 15) is 8.42 Å². The lowest BCUT2D eigenvalue weighted by Gasteiger charge is -2.00. The standard InChI is InChI=1S/C10H18N4O2S3.C8H13N3S2.C7H10ClNS.C4H9NS/c1-7(2)10-13-8(6-18-10)5-17-4-3-9(11)14-19(12,15)16;1-5(2)7-11-6(3-12-7)4-13-8(9)10;1-5(2)7-9-6(3-8)4-10-7;1-3(2)4(5)6/h6-7H,3-5H2,1-2H3,(H2,11,14)(H2,12,15,16);3,5H,4H2,1-2H3,(H3,9,10);4-5H,3H2,1-2H3;3H,1-2H3,(H2,5,6). The lowest BCUT2D eigenvalue weighted by Crippen LogP contribution is -2.19. The summed E-state index contributed by atoms with van der Waals surface area (Å²) in [6.45, 7) is 16.7. The van der Waals surface area contributed by atoms with Gasteiger partial charge < -0.3 is 17.2 Å². The van der Waals surface area contributed by atoms with Crippen LogP contribution in [0.1, 0.15) is 112 Å². The zero-order chi connectivity index (χ0) is 37.0. The van der Waals surface area contributed by atoms with Crippen LogP contribution in [0.2, 0.25) is 0 Å². The third-order valence-corrected chi connectivity index (χ3v) is 11.8. The first-order valence-electron chi connectivity index (χ1n) is 14.8. The van der Waals surface area contributed by atoms with Crippen LogP contribution in [0.4, 0.5) is 0 Å². The molecule has 0 aliphatic heterocycles. The average Bonchev–Trinajstić information content (AvgIpc) is 3.75. The van der Waals surface area contributed by atoms with E-state index < -0.39 is 10.2 Å². The molecule has 0 fully saturated rings. The van der Waals surface area contributed by atoms with Crippen molar-refractivity contribution in [3.05, 3.63) is 48.2 Å². The van der Waals surface area contributed by atoms with Crippen LogP contribution in [-0.4, -0.2) is 45.1 Å². The summed E-state index contributed by atoms with van der Waals surface area (Å²) in [5, 5.41) is 21.5. The molecular weight excluding hydrogens is 766 g/mol. The monoisotopic (exact) mass is 815 g/mol. The minimum atomic E-state index is -3.88. The number of hydrogen-bond donors (Lipinski definition) is 5.